The predicted octanol–water partition coefficient (Wildman–Crippen LogP) is 2.54. The van der Waals surface area contributed by atoms with Crippen LogP contribution in [-0.2, 0) is 19.2 Å². The summed E-state index contributed by atoms with van der Waals surface area (Å²) in [6.07, 6.45) is 15.8. The number of hydrogen-bond donors (Lipinski definition) is 3. The Morgan fingerprint density at radius 2 is 1.79 bits per heavy atom. The number of amides is 2. The minimum absolute atomic E-state index is 0.114. The molecular weight excluding hydrogens is 441 g/mol. The number of halogens is 1. The molecule has 0 spiro atoms. The van der Waals surface area contributed by atoms with Crippen LogP contribution in [0.2, 0.25) is 0 Å². The topological polar surface area (TPSA) is 116 Å². The van der Waals surface area contributed by atoms with E-state index in [-0.39, 0.29) is 6.04 Å². The fraction of sp³-hybridized carbons (Fsp3) is 0.440. The summed E-state index contributed by atoms with van der Waals surface area (Å²) in [5, 5.41) is 13.4. The summed E-state index contributed by atoms with van der Waals surface area (Å²) in [6.45, 7) is 9.90. The molecule has 1 heterocycles. The minimum atomic E-state index is -1.49. The number of nitrogens with zero attached hydrogens (tertiary/aromatic N) is 1. The van der Waals surface area contributed by atoms with Crippen LogP contribution in [0.15, 0.2) is 47.7 Å². The molecule has 3 N–H and O–H groups in total. The molecule has 1 rings (SSSR count). The number of likely N-dealkylation sites (N-methyl/N-ethyl adjacent to an activating group) is 1. The van der Waals surface area contributed by atoms with Crippen molar-refractivity contribution in [3.05, 3.63) is 47.7 Å². The summed E-state index contributed by atoms with van der Waals surface area (Å²) in [7, 11) is 1.73. The number of ketones is 1. The number of hydrogen-bond acceptors (Lipinski definition) is 5. The summed E-state index contributed by atoms with van der Waals surface area (Å²) in [5.74, 6) is -3.75. The van der Waals surface area contributed by atoms with Crippen molar-refractivity contribution < 1.29 is 28.7 Å². The fourth-order valence-corrected chi connectivity index (χ4v) is 2.60. The predicted molar refractivity (Wildman–Crippen MR) is 131 cm³/mol. The van der Waals surface area contributed by atoms with Crippen molar-refractivity contribution in [2.75, 3.05) is 20.3 Å². The van der Waals surface area contributed by atoms with E-state index in [2.05, 4.69) is 43.9 Å². The van der Waals surface area contributed by atoms with E-state index in [1.807, 2.05) is 25.2 Å². The van der Waals surface area contributed by atoms with Crippen LogP contribution in [0.1, 0.15) is 40.5 Å². The van der Waals surface area contributed by atoms with Crippen molar-refractivity contribution >= 4 is 23.6 Å². The van der Waals surface area contributed by atoms with E-state index in [1.165, 1.54) is 6.42 Å². The molecule has 0 fully saturated rings. The Bertz CT molecular complexity index is 843. The highest BCUT2D eigenvalue weighted by molar-refractivity contribution is 5.98. The molecule has 8 nitrogen and oxygen atoms in total. The zero-order chi connectivity index (χ0) is 26.8. The number of Topliss-reactive ketones (excluding diaryl/α,β-unsaturated/α-hetero) is 1. The van der Waals surface area contributed by atoms with Gasteiger partial charge in [-0.2, -0.15) is 0 Å². The monoisotopic (exact) mass is 477 g/mol. The third kappa shape index (κ3) is 11.8. The number of rotatable bonds is 8. The minimum Gasteiger partial charge on any atom is -0.481 e. The van der Waals surface area contributed by atoms with Crippen LogP contribution in [0.5, 0.6) is 0 Å². The number of carbonyl (C=O) groups is 4. The van der Waals surface area contributed by atoms with E-state index in [0.29, 0.717) is 16.8 Å². The molecule has 0 saturated heterocycles. The molecule has 0 aromatic rings. The van der Waals surface area contributed by atoms with Gasteiger partial charge in [0.25, 0.3) is 5.91 Å². The molecule has 0 aliphatic carbocycles. The third-order valence-corrected chi connectivity index (χ3v) is 4.46. The van der Waals surface area contributed by atoms with Crippen LogP contribution in [0.4, 0.5) is 4.39 Å². The maximum atomic E-state index is 12.7. The van der Waals surface area contributed by atoms with Gasteiger partial charge in [-0.25, -0.2) is 4.39 Å². The zero-order valence-electron chi connectivity index (χ0n) is 20.6. The highest BCUT2D eigenvalue weighted by atomic mass is 19.1. The average molecular weight is 478 g/mol. The van der Waals surface area contributed by atoms with Gasteiger partial charge in [0.05, 0.1) is 13.0 Å². The van der Waals surface area contributed by atoms with Crippen LogP contribution < -0.4 is 10.6 Å². The lowest BCUT2D eigenvalue weighted by Crippen LogP contribution is -2.48. The van der Waals surface area contributed by atoms with Gasteiger partial charge >= 0.3 is 5.97 Å². The molecule has 0 bridgehead atoms. The Labute approximate surface area is 201 Å². The smallest absolute Gasteiger partial charge is 0.305 e. The lowest BCUT2D eigenvalue weighted by Gasteiger charge is -2.28. The maximum absolute atomic E-state index is 12.7. The molecule has 188 valence electrons. The van der Waals surface area contributed by atoms with Crippen LogP contribution in [0, 0.1) is 12.8 Å². The lowest BCUT2D eigenvalue weighted by molar-refractivity contribution is -0.140. The van der Waals surface area contributed by atoms with E-state index < -0.39 is 49.2 Å². The van der Waals surface area contributed by atoms with Gasteiger partial charge in [0.15, 0.2) is 5.78 Å². The lowest BCUT2D eigenvalue weighted by atomic mass is 10.1. The van der Waals surface area contributed by atoms with Gasteiger partial charge < -0.3 is 20.6 Å². The van der Waals surface area contributed by atoms with E-state index in [9.17, 15) is 23.6 Å². The molecule has 2 atom stereocenters. The summed E-state index contributed by atoms with van der Waals surface area (Å²) < 4.78 is 12.6. The van der Waals surface area contributed by atoms with Crippen LogP contribution >= 0.6 is 0 Å². The van der Waals surface area contributed by atoms with Gasteiger partial charge in [0, 0.05) is 13.1 Å². The van der Waals surface area contributed by atoms with E-state index in [1.54, 1.807) is 24.9 Å². The maximum Gasteiger partial charge on any atom is 0.305 e. The van der Waals surface area contributed by atoms with Crippen LogP contribution in [0.25, 0.3) is 0 Å². The third-order valence-electron chi connectivity index (χ3n) is 4.46. The summed E-state index contributed by atoms with van der Waals surface area (Å²) >= 11 is 0. The number of aliphatic carboxylic acids is 1. The van der Waals surface area contributed by atoms with Gasteiger partial charge in [-0.05, 0) is 25.0 Å². The van der Waals surface area contributed by atoms with Crippen LogP contribution in [-0.4, -0.2) is 65.9 Å². The first-order valence-corrected chi connectivity index (χ1v) is 10.7. The molecular formula is C25H36FN3O5. The Hall–Kier alpha value is -3.67. The summed E-state index contributed by atoms with van der Waals surface area (Å²) in [6, 6.07) is -1.61. The van der Waals surface area contributed by atoms with Crippen LogP contribution in [0.3, 0.4) is 0 Å². The Balaban J connectivity index is 0. The first-order valence-electron chi connectivity index (χ1n) is 10.7. The molecule has 0 radical (unpaired) electrons. The van der Waals surface area contributed by atoms with Gasteiger partial charge in [-0.1, -0.05) is 51.2 Å². The first-order chi connectivity index (χ1) is 16.0. The molecule has 1 aliphatic rings. The number of carboxylic acids is 1. The molecule has 0 saturated carbocycles. The molecule has 2 amide bonds. The molecule has 0 aromatic heterocycles. The number of terminal acetylenes is 1. The van der Waals surface area contributed by atoms with Crippen molar-refractivity contribution in [1.29, 1.82) is 0 Å². The van der Waals surface area contributed by atoms with Crippen molar-refractivity contribution in [3.63, 3.8) is 0 Å². The summed E-state index contributed by atoms with van der Waals surface area (Å²) in [4.78, 5) is 48.8. The number of carboxylic acid groups (broad SMARTS) is 1. The summed E-state index contributed by atoms with van der Waals surface area (Å²) in [5.41, 5.74) is 1.56. The van der Waals surface area contributed by atoms with Crippen molar-refractivity contribution in [3.8, 4) is 12.8 Å². The molecule has 2 unspecified atom stereocenters. The Morgan fingerprint density at radius 1 is 1.24 bits per heavy atom. The first kappa shape index (κ1) is 32.5. The Kier molecular flexibility index (Phi) is 17.1. The molecule has 9 heteroatoms. The Morgan fingerprint density at radius 3 is 2.29 bits per heavy atom. The number of carbonyl (C=O) groups excluding carboxylic acids is 3. The number of nitrogens with one attached hydrogen (secondary N) is 2. The second-order valence-electron chi connectivity index (χ2n) is 7.30. The van der Waals surface area contributed by atoms with Gasteiger partial charge in [0.2, 0.25) is 5.91 Å². The van der Waals surface area contributed by atoms with E-state index in [4.69, 9.17) is 5.11 Å². The highest BCUT2D eigenvalue weighted by Crippen LogP contribution is 2.20. The standard InChI is InChI=1S/C20H26FN3O5.C3H8.C2H2/c1-12-7-5-6-8-13(2)24(4)19(14(12)3)20(29)22-11-17(26)23-15(9-18(27)28)16(25)10-21;1-3-2;1-2/h5-8,13,15H,1,9-11H2,2-4H3,(H,22,29)(H,23,26)(H,27,28);3H2,1-2H3;1-2H/b7-5-,8-6-,19-14-;;. The second kappa shape index (κ2) is 17.8. The molecule has 34 heavy (non-hydrogen) atoms. The highest BCUT2D eigenvalue weighted by Gasteiger charge is 2.25. The zero-order valence-corrected chi connectivity index (χ0v) is 20.6. The van der Waals surface area contributed by atoms with Gasteiger partial charge in [-0.3, -0.25) is 19.2 Å². The average Bonchev–Trinajstić information content (AvgIpc) is 2.84. The quantitative estimate of drug-likeness (QED) is 0.463. The van der Waals surface area contributed by atoms with E-state index >= 15 is 0 Å². The number of alkyl halides is 1. The van der Waals surface area contributed by atoms with Gasteiger partial charge in [-0.15, -0.1) is 12.8 Å². The normalized spacial score (nSPS) is 19.8. The van der Waals surface area contributed by atoms with Crippen molar-refractivity contribution in [2.45, 2.75) is 52.6 Å². The SMILES string of the molecule is C#C.C=C1/C=C\C=C/C(C)N(C)/C(C(=O)NCC(=O)NC(CC(=O)O)C(=O)CF)=C\1C.CCC. The van der Waals surface area contributed by atoms with Gasteiger partial charge in [0.1, 0.15) is 18.4 Å². The fourth-order valence-electron chi connectivity index (χ4n) is 2.60. The van der Waals surface area contributed by atoms with Crippen molar-refractivity contribution in [1.82, 2.24) is 15.5 Å². The molecule has 0 aromatic carbocycles. The second-order valence-corrected chi connectivity index (χ2v) is 7.30. The van der Waals surface area contributed by atoms with E-state index in [0.717, 1.165) is 0 Å². The molecule has 1 aliphatic heterocycles. The largest absolute Gasteiger partial charge is 0.481 e. The number of allylic oxidation sites excluding steroid dienone is 5. The van der Waals surface area contributed by atoms with Crippen molar-refractivity contribution in [2.24, 2.45) is 0 Å².